The Kier molecular flexibility index (Phi) is 2.96. The summed E-state index contributed by atoms with van der Waals surface area (Å²) in [7, 11) is 0. The minimum absolute atomic E-state index is 0.995. The maximum Gasteiger partial charge on any atom is 0.214 e. The van der Waals surface area contributed by atoms with Crippen LogP contribution >= 0.6 is 0 Å². The number of imidazole rings is 2. The lowest BCUT2D eigenvalue weighted by Crippen LogP contribution is -1.99. The third-order valence-corrected chi connectivity index (χ3v) is 3.94. The topological polar surface area (TPSA) is 22.2 Å². The molecule has 4 aromatic rings. The van der Waals surface area contributed by atoms with Crippen LogP contribution in [0.2, 0.25) is 0 Å². The molecule has 3 heteroatoms. The van der Waals surface area contributed by atoms with Gasteiger partial charge in [-0.05, 0) is 30.5 Å². The second-order valence-corrected chi connectivity index (χ2v) is 5.35. The predicted molar refractivity (Wildman–Crippen MR) is 85.5 cm³/mol. The molecule has 0 aliphatic heterocycles. The van der Waals surface area contributed by atoms with Gasteiger partial charge < -0.3 is 4.57 Å². The third kappa shape index (κ3) is 2.21. The van der Waals surface area contributed by atoms with Gasteiger partial charge in [-0.3, -0.25) is 4.40 Å². The first-order valence-corrected chi connectivity index (χ1v) is 7.38. The van der Waals surface area contributed by atoms with E-state index in [9.17, 15) is 0 Å². The molecule has 104 valence electrons. The van der Waals surface area contributed by atoms with Gasteiger partial charge in [-0.15, -0.1) is 0 Å². The predicted octanol–water partition coefficient (Wildman–Crippen LogP) is 3.92. The molecule has 0 bridgehead atoms. The Morgan fingerprint density at radius 2 is 1.67 bits per heavy atom. The number of rotatable bonds is 4. The molecule has 21 heavy (non-hydrogen) atoms. The fraction of sp³-hybridized carbons (Fsp3) is 0.167. The second-order valence-electron chi connectivity index (χ2n) is 5.35. The molecule has 0 atom stereocenters. The quantitative estimate of drug-likeness (QED) is 0.553. The van der Waals surface area contributed by atoms with E-state index in [0.717, 1.165) is 30.7 Å². The number of aryl methyl sites for hydroxylation is 2. The van der Waals surface area contributed by atoms with Gasteiger partial charge in [0.15, 0.2) is 0 Å². The molecule has 0 amide bonds. The molecular weight excluding hydrogens is 258 g/mol. The summed E-state index contributed by atoms with van der Waals surface area (Å²) in [5.41, 5.74) is 3.63. The highest BCUT2D eigenvalue weighted by molar-refractivity contribution is 5.79. The highest BCUT2D eigenvalue weighted by Crippen LogP contribution is 2.17. The smallest absolute Gasteiger partial charge is 0.214 e. The number of benzene rings is 2. The van der Waals surface area contributed by atoms with Gasteiger partial charge in [0.2, 0.25) is 5.78 Å². The number of para-hydroxylation sites is 2. The van der Waals surface area contributed by atoms with Crippen LogP contribution in [0.3, 0.4) is 0 Å². The Balaban J connectivity index is 1.56. The molecule has 0 aliphatic rings. The first kappa shape index (κ1) is 12.2. The average Bonchev–Trinajstić information content (AvgIpc) is 3.08. The Hall–Kier alpha value is -2.55. The Morgan fingerprint density at radius 3 is 2.57 bits per heavy atom. The van der Waals surface area contributed by atoms with Gasteiger partial charge in [-0.2, -0.15) is 0 Å². The van der Waals surface area contributed by atoms with Crippen LogP contribution in [-0.4, -0.2) is 14.0 Å². The minimum Gasteiger partial charge on any atom is -0.317 e. The van der Waals surface area contributed by atoms with Crippen LogP contribution in [0.15, 0.2) is 67.0 Å². The first-order valence-electron chi connectivity index (χ1n) is 7.38. The van der Waals surface area contributed by atoms with Crippen molar-refractivity contribution in [2.75, 3.05) is 0 Å². The third-order valence-electron chi connectivity index (χ3n) is 3.94. The van der Waals surface area contributed by atoms with E-state index in [0.29, 0.717) is 0 Å². The number of hydrogen-bond acceptors (Lipinski definition) is 1. The summed E-state index contributed by atoms with van der Waals surface area (Å²) in [6.45, 7) is 0.995. The Labute approximate surface area is 123 Å². The zero-order chi connectivity index (χ0) is 14.1. The maximum absolute atomic E-state index is 4.73. The molecular formula is C18H17N3. The van der Waals surface area contributed by atoms with E-state index in [1.54, 1.807) is 0 Å². The first-order chi connectivity index (χ1) is 10.4. The summed E-state index contributed by atoms with van der Waals surface area (Å²) < 4.78 is 4.40. The van der Waals surface area contributed by atoms with E-state index >= 15 is 0 Å². The fourth-order valence-corrected chi connectivity index (χ4v) is 2.87. The lowest BCUT2D eigenvalue weighted by Gasteiger charge is -2.03. The zero-order valence-electron chi connectivity index (χ0n) is 11.8. The Morgan fingerprint density at radius 1 is 0.857 bits per heavy atom. The van der Waals surface area contributed by atoms with E-state index in [1.807, 2.05) is 6.07 Å². The lowest BCUT2D eigenvalue weighted by atomic mass is 10.1. The van der Waals surface area contributed by atoms with Crippen molar-refractivity contribution >= 4 is 16.8 Å². The van der Waals surface area contributed by atoms with E-state index in [2.05, 4.69) is 69.9 Å². The summed E-state index contributed by atoms with van der Waals surface area (Å²) in [4.78, 5) is 4.73. The number of hydrogen-bond donors (Lipinski definition) is 0. The molecule has 3 nitrogen and oxygen atoms in total. The summed E-state index contributed by atoms with van der Waals surface area (Å²) >= 11 is 0. The molecule has 2 aromatic carbocycles. The summed E-state index contributed by atoms with van der Waals surface area (Å²) in [5, 5.41) is 0. The highest BCUT2D eigenvalue weighted by atomic mass is 15.2. The standard InChI is InChI=1S/C18H17N3/c1-2-7-15(8-3-1)9-6-12-20-13-14-21-17-11-5-4-10-16(17)19-18(20)21/h1-5,7-8,10-11,13-14H,6,9,12H2. The van der Waals surface area contributed by atoms with Crippen molar-refractivity contribution in [1.29, 1.82) is 0 Å². The van der Waals surface area contributed by atoms with Gasteiger partial charge in [0.25, 0.3) is 0 Å². The van der Waals surface area contributed by atoms with E-state index in [4.69, 9.17) is 4.98 Å². The van der Waals surface area contributed by atoms with Crippen molar-refractivity contribution in [3.05, 3.63) is 72.6 Å². The zero-order valence-corrected chi connectivity index (χ0v) is 11.8. The van der Waals surface area contributed by atoms with Gasteiger partial charge >= 0.3 is 0 Å². The lowest BCUT2D eigenvalue weighted by molar-refractivity contribution is 0.655. The normalized spacial score (nSPS) is 11.4. The van der Waals surface area contributed by atoms with Crippen molar-refractivity contribution in [2.24, 2.45) is 0 Å². The van der Waals surface area contributed by atoms with Crippen LogP contribution in [0, 0.1) is 0 Å². The van der Waals surface area contributed by atoms with Crippen molar-refractivity contribution < 1.29 is 0 Å². The summed E-state index contributed by atoms with van der Waals surface area (Å²) in [5.74, 6) is 1.03. The van der Waals surface area contributed by atoms with E-state index in [1.165, 1.54) is 11.1 Å². The molecule has 0 saturated heterocycles. The molecule has 0 N–H and O–H groups in total. The van der Waals surface area contributed by atoms with Crippen molar-refractivity contribution in [3.63, 3.8) is 0 Å². The van der Waals surface area contributed by atoms with Crippen LogP contribution < -0.4 is 0 Å². The molecule has 4 rings (SSSR count). The summed E-state index contributed by atoms with van der Waals surface area (Å²) in [6.07, 6.45) is 6.45. The molecule has 0 spiro atoms. The van der Waals surface area contributed by atoms with E-state index < -0.39 is 0 Å². The Bertz CT molecular complexity index is 871. The number of nitrogens with zero attached hydrogens (tertiary/aromatic N) is 3. The largest absolute Gasteiger partial charge is 0.317 e. The number of aromatic nitrogens is 3. The van der Waals surface area contributed by atoms with Crippen LogP contribution in [-0.2, 0) is 13.0 Å². The maximum atomic E-state index is 4.73. The van der Waals surface area contributed by atoms with Gasteiger partial charge in [-0.1, -0.05) is 42.5 Å². The molecule has 0 aliphatic carbocycles. The molecule has 0 unspecified atom stereocenters. The number of fused-ring (bicyclic) bond motifs is 3. The fourth-order valence-electron chi connectivity index (χ4n) is 2.87. The highest BCUT2D eigenvalue weighted by Gasteiger charge is 2.07. The summed E-state index contributed by atoms with van der Waals surface area (Å²) in [6, 6.07) is 18.9. The van der Waals surface area contributed by atoms with Crippen molar-refractivity contribution in [2.45, 2.75) is 19.4 Å². The van der Waals surface area contributed by atoms with Gasteiger partial charge in [0.05, 0.1) is 11.0 Å². The van der Waals surface area contributed by atoms with Crippen molar-refractivity contribution in [3.8, 4) is 0 Å². The second kappa shape index (κ2) is 5.09. The van der Waals surface area contributed by atoms with Crippen molar-refractivity contribution in [1.82, 2.24) is 14.0 Å². The molecule has 0 fully saturated rings. The van der Waals surface area contributed by atoms with E-state index in [-0.39, 0.29) is 0 Å². The monoisotopic (exact) mass is 275 g/mol. The van der Waals surface area contributed by atoms with Gasteiger partial charge in [-0.25, -0.2) is 4.98 Å². The van der Waals surface area contributed by atoms with Crippen LogP contribution in [0.1, 0.15) is 12.0 Å². The van der Waals surface area contributed by atoms with Gasteiger partial charge in [0, 0.05) is 18.9 Å². The van der Waals surface area contributed by atoms with Crippen LogP contribution in [0.4, 0.5) is 0 Å². The molecule has 2 aromatic heterocycles. The minimum atomic E-state index is 0.995. The molecule has 2 heterocycles. The SMILES string of the molecule is c1ccc(CCCn2ccn3c4ccccc4nc23)cc1. The molecule has 0 radical (unpaired) electrons. The molecule has 0 saturated carbocycles. The average molecular weight is 275 g/mol. The van der Waals surface area contributed by atoms with Gasteiger partial charge in [0.1, 0.15) is 0 Å². The van der Waals surface area contributed by atoms with Crippen LogP contribution in [0.25, 0.3) is 16.8 Å². The van der Waals surface area contributed by atoms with Crippen LogP contribution in [0.5, 0.6) is 0 Å².